The summed E-state index contributed by atoms with van der Waals surface area (Å²) in [6.45, 7) is 0. The first-order valence-electron chi connectivity index (χ1n) is 6.26. The minimum absolute atomic E-state index is 0.418. The van der Waals surface area contributed by atoms with Crippen molar-refractivity contribution < 1.29 is 4.52 Å². The number of nitrogens with two attached hydrogens (primary N) is 1. The monoisotopic (exact) mass is 306 g/mol. The van der Waals surface area contributed by atoms with Crippen LogP contribution in [0.2, 0.25) is 0 Å². The van der Waals surface area contributed by atoms with Gasteiger partial charge in [-0.05, 0) is 30.4 Å². The van der Waals surface area contributed by atoms with Crippen molar-refractivity contribution >= 4 is 21.7 Å². The maximum atomic E-state index is 5.57. The van der Waals surface area contributed by atoms with Gasteiger partial charge in [-0.1, -0.05) is 46.1 Å². The van der Waals surface area contributed by atoms with Crippen molar-refractivity contribution in [1.29, 1.82) is 0 Å². The Kier molecular flexibility index (Phi) is 3.12. The van der Waals surface area contributed by atoms with Gasteiger partial charge in [0.05, 0.1) is 0 Å². The molecule has 3 nitrogen and oxygen atoms in total. The molecule has 1 heterocycles. The zero-order chi connectivity index (χ0) is 12.5. The van der Waals surface area contributed by atoms with Gasteiger partial charge in [0, 0.05) is 16.1 Å². The number of benzene rings is 1. The van der Waals surface area contributed by atoms with Gasteiger partial charge in [-0.3, -0.25) is 0 Å². The predicted molar refractivity (Wildman–Crippen MR) is 75.3 cm³/mol. The molecule has 3 rings (SSSR count). The average Bonchev–Trinajstić information content (AvgIpc) is 2.99. The third-order valence-electron chi connectivity index (χ3n) is 3.61. The first-order valence-corrected chi connectivity index (χ1v) is 7.05. The van der Waals surface area contributed by atoms with E-state index in [1.165, 1.54) is 31.2 Å². The van der Waals surface area contributed by atoms with Crippen LogP contribution in [0.1, 0.15) is 37.2 Å². The molecule has 0 unspecified atom stereocenters. The van der Waals surface area contributed by atoms with Gasteiger partial charge in [-0.2, -0.15) is 0 Å². The number of nitrogens with zero attached hydrogens (tertiary/aromatic N) is 1. The Morgan fingerprint density at radius 2 is 2.00 bits per heavy atom. The van der Waals surface area contributed by atoms with Gasteiger partial charge in [0.2, 0.25) is 0 Å². The number of halogens is 1. The molecule has 1 aliphatic carbocycles. The van der Waals surface area contributed by atoms with Crippen molar-refractivity contribution in [2.75, 3.05) is 5.73 Å². The smallest absolute Gasteiger partial charge is 0.169 e. The Balaban J connectivity index is 1.93. The SMILES string of the molecule is Nc1cc(-c2ccc(C3CCCC3)c(Br)c2)on1. The van der Waals surface area contributed by atoms with E-state index in [4.69, 9.17) is 10.3 Å². The zero-order valence-corrected chi connectivity index (χ0v) is 11.6. The summed E-state index contributed by atoms with van der Waals surface area (Å²) in [7, 11) is 0. The highest BCUT2D eigenvalue weighted by Gasteiger charge is 2.19. The van der Waals surface area contributed by atoms with E-state index in [-0.39, 0.29) is 0 Å². The fourth-order valence-electron chi connectivity index (χ4n) is 2.67. The second kappa shape index (κ2) is 4.76. The summed E-state index contributed by atoms with van der Waals surface area (Å²) >= 11 is 3.67. The van der Waals surface area contributed by atoms with Crippen molar-refractivity contribution in [2.45, 2.75) is 31.6 Å². The van der Waals surface area contributed by atoms with Crippen molar-refractivity contribution in [3.63, 3.8) is 0 Å². The molecule has 18 heavy (non-hydrogen) atoms. The summed E-state index contributed by atoms with van der Waals surface area (Å²) in [6, 6.07) is 8.11. The van der Waals surface area contributed by atoms with Crippen molar-refractivity contribution in [3.05, 3.63) is 34.3 Å². The summed E-state index contributed by atoms with van der Waals surface area (Å²) in [6.07, 6.45) is 5.29. The molecule has 2 N–H and O–H groups in total. The Bertz CT molecular complexity index is 559. The van der Waals surface area contributed by atoms with Crippen LogP contribution in [0.3, 0.4) is 0 Å². The van der Waals surface area contributed by atoms with E-state index in [9.17, 15) is 0 Å². The van der Waals surface area contributed by atoms with Gasteiger partial charge in [0.15, 0.2) is 11.6 Å². The highest BCUT2D eigenvalue weighted by Crippen LogP contribution is 2.39. The normalized spacial score (nSPS) is 16.3. The zero-order valence-electron chi connectivity index (χ0n) is 10.0. The van der Waals surface area contributed by atoms with E-state index in [1.807, 2.05) is 0 Å². The van der Waals surface area contributed by atoms with Gasteiger partial charge in [0.25, 0.3) is 0 Å². The van der Waals surface area contributed by atoms with Crippen LogP contribution >= 0.6 is 15.9 Å². The molecule has 0 atom stereocenters. The molecule has 4 heteroatoms. The minimum atomic E-state index is 0.418. The summed E-state index contributed by atoms with van der Waals surface area (Å²) in [5.74, 6) is 1.83. The number of hydrogen-bond acceptors (Lipinski definition) is 3. The second-order valence-electron chi connectivity index (χ2n) is 4.83. The largest absolute Gasteiger partial charge is 0.381 e. The Morgan fingerprint density at radius 3 is 2.61 bits per heavy atom. The molecule has 94 valence electrons. The van der Waals surface area contributed by atoms with Crippen LogP contribution in [0.5, 0.6) is 0 Å². The third-order valence-corrected chi connectivity index (χ3v) is 4.30. The average molecular weight is 307 g/mol. The topological polar surface area (TPSA) is 52.0 Å². The number of anilines is 1. The van der Waals surface area contributed by atoms with Crippen molar-refractivity contribution in [3.8, 4) is 11.3 Å². The molecule has 1 aliphatic rings. The molecule has 1 fully saturated rings. The van der Waals surface area contributed by atoms with Crippen LogP contribution in [0.15, 0.2) is 33.3 Å². The Hall–Kier alpha value is -1.29. The summed E-state index contributed by atoms with van der Waals surface area (Å²) in [5, 5.41) is 3.71. The first kappa shape index (κ1) is 11.8. The minimum Gasteiger partial charge on any atom is -0.381 e. The van der Waals surface area contributed by atoms with E-state index < -0.39 is 0 Å². The maximum absolute atomic E-state index is 5.57. The molecule has 0 saturated heterocycles. The van der Waals surface area contributed by atoms with Crippen LogP contribution in [0.25, 0.3) is 11.3 Å². The standard InChI is InChI=1S/C14H15BrN2O/c15-12-7-10(13-8-14(16)17-18-13)5-6-11(12)9-3-1-2-4-9/h5-9H,1-4H2,(H2,16,17). The van der Waals surface area contributed by atoms with Crippen LogP contribution in [-0.4, -0.2) is 5.16 Å². The molecular formula is C14H15BrN2O. The Labute approximate surface area is 114 Å². The second-order valence-corrected chi connectivity index (χ2v) is 5.69. The Morgan fingerprint density at radius 1 is 1.22 bits per heavy atom. The van der Waals surface area contributed by atoms with E-state index in [1.54, 1.807) is 6.07 Å². The molecule has 2 aromatic rings. The molecule has 0 amide bonds. The number of nitrogen functional groups attached to an aromatic ring is 1. The van der Waals surface area contributed by atoms with E-state index in [0.29, 0.717) is 17.5 Å². The third kappa shape index (κ3) is 2.17. The molecule has 0 radical (unpaired) electrons. The van der Waals surface area contributed by atoms with E-state index in [0.717, 1.165) is 10.0 Å². The quantitative estimate of drug-likeness (QED) is 0.897. The molecule has 0 aliphatic heterocycles. The summed E-state index contributed by atoms with van der Waals surface area (Å²) < 4.78 is 6.33. The molecule has 1 aromatic carbocycles. The molecule has 1 saturated carbocycles. The van der Waals surface area contributed by atoms with Gasteiger partial charge >= 0.3 is 0 Å². The number of rotatable bonds is 2. The van der Waals surface area contributed by atoms with Crippen LogP contribution in [-0.2, 0) is 0 Å². The molecule has 0 bridgehead atoms. The fraction of sp³-hybridized carbons (Fsp3) is 0.357. The van der Waals surface area contributed by atoms with Gasteiger partial charge in [0.1, 0.15) is 0 Å². The summed E-state index contributed by atoms with van der Waals surface area (Å²) in [4.78, 5) is 0. The van der Waals surface area contributed by atoms with E-state index in [2.05, 4.69) is 39.3 Å². The summed E-state index contributed by atoms with van der Waals surface area (Å²) in [5.41, 5.74) is 7.98. The maximum Gasteiger partial charge on any atom is 0.169 e. The molecule has 1 aromatic heterocycles. The van der Waals surface area contributed by atoms with Gasteiger partial charge in [-0.15, -0.1) is 0 Å². The predicted octanol–water partition coefficient (Wildman–Crippen LogP) is 4.34. The lowest BCUT2D eigenvalue weighted by Gasteiger charge is -2.12. The van der Waals surface area contributed by atoms with Crippen molar-refractivity contribution in [2.24, 2.45) is 0 Å². The van der Waals surface area contributed by atoms with Gasteiger partial charge < -0.3 is 10.3 Å². The molecular weight excluding hydrogens is 292 g/mol. The highest BCUT2D eigenvalue weighted by molar-refractivity contribution is 9.10. The first-order chi connectivity index (χ1) is 8.74. The molecule has 0 spiro atoms. The van der Waals surface area contributed by atoms with Crippen LogP contribution in [0, 0.1) is 0 Å². The lowest BCUT2D eigenvalue weighted by Crippen LogP contribution is -1.93. The number of hydrogen-bond donors (Lipinski definition) is 1. The van der Waals surface area contributed by atoms with E-state index >= 15 is 0 Å². The lowest BCUT2D eigenvalue weighted by molar-refractivity contribution is 0.436. The number of aromatic nitrogens is 1. The fourth-order valence-corrected chi connectivity index (χ4v) is 3.38. The van der Waals surface area contributed by atoms with Gasteiger partial charge in [-0.25, -0.2) is 0 Å². The van der Waals surface area contributed by atoms with Crippen LogP contribution in [0.4, 0.5) is 5.82 Å². The lowest BCUT2D eigenvalue weighted by atomic mass is 9.96. The van der Waals surface area contributed by atoms with Crippen molar-refractivity contribution in [1.82, 2.24) is 5.16 Å². The van der Waals surface area contributed by atoms with Crippen LogP contribution < -0.4 is 5.73 Å². The highest BCUT2D eigenvalue weighted by atomic mass is 79.9.